The second-order valence-corrected chi connectivity index (χ2v) is 4.94. The Hall–Kier alpha value is -1.82. The van der Waals surface area contributed by atoms with Gasteiger partial charge in [0.15, 0.2) is 0 Å². The van der Waals surface area contributed by atoms with Crippen molar-refractivity contribution in [1.82, 2.24) is 10.2 Å². The van der Waals surface area contributed by atoms with Gasteiger partial charge in [0.25, 0.3) is 5.91 Å². The van der Waals surface area contributed by atoms with Gasteiger partial charge in [-0.05, 0) is 25.3 Å². The Morgan fingerprint density at radius 2 is 2.30 bits per heavy atom. The number of nitrogens with one attached hydrogen (secondary N) is 1. The molecule has 2 N–H and O–H groups in total. The molecule has 2 amide bonds. The monoisotopic (exact) mass is 280 g/mol. The smallest absolute Gasteiger partial charge is 0.254 e. The Morgan fingerprint density at radius 1 is 1.45 bits per heavy atom. The number of furan rings is 1. The number of carbonyl (C=O) groups is 2. The number of amides is 2. The van der Waals surface area contributed by atoms with E-state index in [9.17, 15) is 14.7 Å². The van der Waals surface area contributed by atoms with Gasteiger partial charge in [-0.3, -0.25) is 9.59 Å². The first kappa shape index (κ1) is 14.6. The molecule has 1 aromatic rings. The van der Waals surface area contributed by atoms with Crippen molar-refractivity contribution >= 4 is 11.8 Å². The SMILES string of the molecule is O=C(NCCC(=O)N1CCCCC1CO)c1ccoc1. The molecule has 6 nitrogen and oxygen atoms in total. The third kappa shape index (κ3) is 3.60. The number of rotatable bonds is 5. The topological polar surface area (TPSA) is 82.8 Å². The van der Waals surface area contributed by atoms with Crippen LogP contribution in [0.3, 0.4) is 0 Å². The number of aliphatic hydroxyl groups is 1. The molecule has 1 unspecified atom stereocenters. The highest BCUT2D eigenvalue weighted by atomic mass is 16.3. The van der Waals surface area contributed by atoms with E-state index in [-0.39, 0.29) is 37.4 Å². The highest BCUT2D eigenvalue weighted by Crippen LogP contribution is 2.17. The Bertz CT molecular complexity index is 444. The lowest BCUT2D eigenvalue weighted by atomic mass is 10.0. The van der Waals surface area contributed by atoms with E-state index in [1.807, 2.05) is 0 Å². The number of aliphatic hydroxyl groups excluding tert-OH is 1. The molecular formula is C14H20N2O4. The van der Waals surface area contributed by atoms with Crippen molar-refractivity contribution in [3.05, 3.63) is 24.2 Å². The predicted molar refractivity (Wildman–Crippen MR) is 72.1 cm³/mol. The highest BCUT2D eigenvalue weighted by molar-refractivity contribution is 5.94. The van der Waals surface area contributed by atoms with Crippen LogP contribution < -0.4 is 5.32 Å². The van der Waals surface area contributed by atoms with E-state index in [2.05, 4.69) is 5.32 Å². The minimum atomic E-state index is -0.246. The molecule has 20 heavy (non-hydrogen) atoms. The lowest BCUT2D eigenvalue weighted by Gasteiger charge is -2.34. The fraction of sp³-hybridized carbons (Fsp3) is 0.571. The zero-order valence-electron chi connectivity index (χ0n) is 11.4. The molecule has 1 aliphatic heterocycles. The summed E-state index contributed by atoms with van der Waals surface area (Å²) in [7, 11) is 0. The van der Waals surface area contributed by atoms with Gasteiger partial charge in [0.1, 0.15) is 6.26 Å². The summed E-state index contributed by atoms with van der Waals surface area (Å²) in [6.07, 6.45) is 5.92. The van der Waals surface area contributed by atoms with Crippen LogP contribution in [-0.4, -0.2) is 47.6 Å². The molecule has 0 saturated carbocycles. The van der Waals surface area contributed by atoms with Gasteiger partial charge in [0, 0.05) is 19.5 Å². The quantitative estimate of drug-likeness (QED) is 0.834. The van der Waals surface area contributed by atoms with Crippen LogP contribution in [0.4, 0.5) is 0 Å². The molecule has 0 aromatic carbocycles. The normalized spacial score (nSPS) is 18.9. The molecule has 0 aliphatic carbocycles. The van der Waals surface area contributed by atoms with Gasteiger partial charge >= 0.3 is 0 Å². The van der Waals surface area contributed by atoms with Crippen molar-refractivity contribution in [2.45, 2.75) is 31.7 Å². The van der Waals surface area contributed by atoms with E-state index in [0.717, 1.165) is 19.3 Å². The largest absolute Gasteiger partial charge is 0.472 e. The lowest BCUT2D eigenvalue weighted by molar-refractivity contribution is -0.135. The Balaban J connectivity index is 1.75. The van der Waals surface area contributed by atoms with E-state index in [1.54, 1.807) is 11.0 Å². The summed E-state index contributed by atoms with van der Waals surface area (Å²) in [6.45, 7) is 0.990. The Kier molecular flexibility index (Phi) is 5.17. The summed E-state index contributed by atoms with van der Waals surface area (Å²) in [4.78, 5) is 25.5. The van der Waals surface area contributed by atoms with Crippen molar-refractivity contribution in [3.63, 3.8) is 0 Å². The third-order valence-corrected chi connectivity index (χ3v) is 3.57. The molecule has 0 bridgehead atoms. The van der Waals surface area contributed by atoms with Crippen LogP contribution in [0.25, 0.3) is 0 Å². The van der Waals surface area contributed by atoms with E-state index >= 15 is 0 Å². The molecule has 1 atom stereocenters. The Labute approximate surface area is 117 Å². The molecule has 6 heteroatoms. The summed E-state index contributed by atoms with van der Waals surface area (Å²) < 4.78 is 4.82. The number of piperidine rings is 1. The van der Waals surface area contributed by atoms with E-state index < -0.39 is 0 Å². The zero-order chi connectivity index (χ0) is 14.4. The van der Waals surface area contributed by atoms with Crippen molar-refractivity contribution < 1.29 is 19.1 Å². The highest BCUT2D eigenvalue weighted by Gasteiger charge is 2.25. The molecule has 110 valence electrons. The zero-order valence-corrected chi connectivity index (χ0v) is 11.4. The van der Waals surface area contributed by atoms with E-state index in [1.165, 1.54) is 12.5 Å². The molecule has 1 saturated heterocycles. The van der Waals surface area contributed by atoms with Crippen molar-refractivity contribution in [1.29, 1.82) is 0 Å². The van der Waals surface area contributed by atoms with Crippen LogP contribution in [0, 0.1) is 0 Å². The minimum Gasteiger partial charge on any atom is -0.472 e. The Morgan fingerprint density at radius 3 is 3.00 bits per heavy atom. The van der Waals surface area contributed by atoms with Crippen LogP contribution in [0.2, 0.25) is 0 Å². The number of likely N-dealkylation sites (tertiary alicyclic amines) is 1. The van der Waals surface area contributed by atoms with Crippen molar-refractivity contribution in [2.75, 3.05) is 19.7 Å². The number of carbonyl (C=O) groups excluding carboxylic acids is 2. The number of hydrogen-bond acceptors (Lipinski definition) is 4. The molecule has 0 radical (unpaired) electrons. The first-order valence-corrected chi connectivity index (χ1v) is 6.93. The maximum absolute atomic E-state index is 12.1. The fourth-order valence-electron chi connectivity index (χ4n) is 2.44. The molecule has 1 aromatic heterocycles. The third-order valence-electron chi connectivity index (χ3n) is 3.57. The van der Waals surface area contributed by atoms with Gasteiger partial charge in [-0.25, -0.2) is 0 Å². The van der Waals surface area contributed by atoms with Crippen molar-refractivity contribution in [2.24, 2.45) is 0 Å². The van der Waals surface area contributed by atoms with Crippen LogP contribution in [0.1, 0.15) is 36.0 Å². The van der Waals surface area contributed by atoms with Gasteiger partial charge in [0.05, 0.1) is 24.5 Å². The molecule has 1 fully saturated rings. The second-order valence-electron chi connectivity index (χ2n) is 4.94. The average Bonchev–Trinajstić information content (AvgIpc) is 3.01. The summed E-state index contributed by atoms with van der Waals surface area (Å²) >= 11 is 0. The standard InChI is InChI=1S/C14H20N2O4/c17-9-12-3-1-2-7-16(12)13(18)4-6-15-14(19)11-5-8-20-10-11/h5,8,10,12,17H,1-4,6-7,9H2,(H,15,19). The van der Waals surface area contributed by atoms with E-state index in [4.69, 9.17) is 4.42 Å². The summed E-state index contributed by atoms with van der Waals surface area (Å²) in [5.74, 6) is -0.264. The van der Waals surface area contributed by atoms with Crippen LogP contribution >= 0.6 is 0 Å². The average molecular weight is 280 g/mol. The first-order chi connectivity index (χ1) is 9.72. The first-order valence-electron chi connectivity index (χ1n) is 6.93. The molecule has 0 spiro atoms. The number of hydrogen-bond donors (Lipinski definition) is 2. The molecular weight excluding hydrogens is 260 g/mol. The van der Waals surface area contributed by atoms with Gasteiger partial charge in [0.2, 0.25) is 5.91 Å². The lowest BCUT2D eigenvalue weighted by Crippen LogP contribution is -2.46. The van der Waals surface area contributed by atoms with Crippen LogP contribution in [0.15, 0.2) is 23.0 Å². The van der Waals surface area contributed by atoms with Crippen LogP contribution in [-0.2, 0) is 4.79 Å². The molecule has 1 aliphatic rings. The maximum Gasteiger partial charge on any atom is 0.254 e. The molecule has 2 rings (SSSR count). The van der Waals surface area contributed by atoms with Gasteiger partial charge in [-0.1, -0.05) is 0 Å². The van der Waals surface area contributed by atoms with Gasteiger partial charge in [-0.15, -0.1) is 0 Å². The van der Waals surface area contributed by atoms with E-state index in [0.29, 0.717) is 12.1 Å². The number of nitrogens with zero attached hydrogens (tertiary/aromatic N) is 1. The molecule has 2 heterocycles. The summed E-state index contributed by atoms with van der Waals surface area (Å²) in [5.41, 5.74) is 0.448. The maximum atomic E-state index is 12.1. The second kappa shape index (κ2) is 7.09. The minimum absolute atomic E-state index is 0.00706. The summed E-state index contributed by atoms with van der Waals surface area (Å²) in [6, 6.07) is 1.50. The van der Waals surface area contributed by atoms with Crippen molar-refractivity contribution in [3.8, 4) is 0 Å². The van der Waals surface area contributed by atoms with Gasteiger partial charge < -0.3 is 19.7 Å². The van der Waals surface area contributed by atoms with Crippen LogP contribution in [0.5, 0.6) is 0 Å². The van der Waals surface area contributed by atoms with Gasteiger partial charge in [-0.2, -0.15) is 0 Å². The fourth-order valence-corrected chi connectivity index (χ4v) is 2.44. The predicted octanol–water partition coefficient (Wildman–Crippen LogP) is 0.773. The summed E-state index contributed by atoms with van der Waals surface area (Å²) in [5, 5.41) is 12.0.